The van der Waals surface area contributed by atoms with E-state index in [0.29, 0.717) is 29.2 Å². The van der Waals surface area contributed by atoms with Crippen molar-refractivity contribution in [2.75, 3.05) is 19.5 Å². The first kappa shape index (κ1) is 19.8. The second-order valence-corrected chi connectivity index (χ2v) is 9.45. The number of hydrogen-bond donors (Lipinski definition) is 0. The number of carbonyl (C=O) groups is 1. The van der Waals surface area contributed by atoms with E-state index in [1.165, 1.54) is 11.8 Å². The van der Waals surface area contributed by atoms with Crippen molar-refractivity contribution < 1.29 is 22.7 Å². The van der Waals surface area contributed by atoms with Crippen molar-refractivity contribution in [3.63, 3.8) is 0 Å². The third kappa shape index (κ3) is 4.30. The van der Waals surface area contributed by atoms with Gasteiger partial charge in [-0.15, -0.1) is 11.8 Å². The average Bonchev–Trinajstić information content (AvgIpc) is 2.91. The van der Waals surface area contributed by atoms with Gasteiger partial charge < -0.3 is 9.47 Å². The zero-order valence-electron chi connectivity index (χ0n) is 15.3. The summed E-state index contributed by atoms with van der Waals surface area (Å²) in [5, 5.41) is -0.245. The second-order valence-electron chi connectivity index (χ2n) is 6.18. The number of hydrogen-bond acceptors (Lipinski definition) is 6. The van der Waals surface area contributed by atoms with E-state index in [1.54, 1.807) is 26.2 Å². The van der Waals surface area contributed by atoms with Gasteiger partial charge in [-0.1, -0.05) is 24.3 Å². The summed E-state index contributed by atoms with van der Waals surface area (Å²) >= 11 is 1.52. The molecule has 0 bridgehead atoms. The Hall–Kier alpha value is -1.99. The van der Waals surface area contributed by atoms with Crippen LogP contribution in [-0.2, 0) is 25.8 Å². The lowest BCUT2D eigenvalue weighted by Gasteiger charge is -2.17. The predicted molar refractivity (Wildman–Crippen MR) is 105 cm³/mol. The standard InChI is InChI=1S/C20H22O5S2/c1-3-25-18(21)12-10-14-9-11-17-19(20(14)24-2)16(13-27(17,22)23)26-15-7-5-4-6-8-15/h4-9,11,16H,3,10,12-13H2,1-2H3. The van der Waals surface area contributed by atoms with Crippen molar-refractivity contribution in [2.45, 2.75) is 34.8 Å². The molecule has 7 heteroatoms. The molecule has 27 heavy (non-hydrogen) atoms. The van der Waals surface area contributed by atoms with Crippen molar-refractivity contribution in [3.8, 4) is 5.75 Å². The van der Waals surface area contributed by atoms with Gasteiger partial charge in [-0.3, -0.25) is 4.79 Å². The van der Waals surface area contributed by atoms with Gasteiger partial charge in [-0.05, 0) is 37.1 Å². The topological polar surface area (TPSA) is 69.7 Å². The molecule has 0 spiro atoms. The number of fused-ring (bicyclic) bond motifs is 1. The normalized spacial score (nSPS) is 17.3. The van der Waals surface area contributed by atoms with E-state index < -0.39 is 9.84 Å². The van der Waals surface area contributed by atoms with Crippen LogP contribution in [0.2, 0.25) is 0 Å². The van der Waals surface area contributed by atoms with E-state index in [9.17, 15) is 13.2 Å². The second kappa shape index (κ2) is 8.35. The lowest BCUT2D eigenvalue weighted by molar-refractivity contribution is -0.143. The number of methoxy groups -OCH3 is 1. The lowest BCUT2D eigenvalue weighted by atomic mass is 10.0. The van der Waals surface area contributed by atoms with Gasteiger partial charge in [0.25, 0.3) is 0 Å². The quantitative estimate of drug-likeness (QED) is 0.651. The summed E-state index contributed by atoms with van der Waals surface area (Å²) in [4.78, 5) is 13.0. The van der Waals surface area contributed by atoms with Crippen LogP contribution < -0.4 is 4.74 Å². The van der Waals surface area contributed by atoms with Crippen LogP contribution in [0.15, 0.2) is 52.3 Å². The first-order valence-corrected chi connectivity index (χ1v) is 11.3. The molecule has 1 atom stereocenters. The first-order chi connectivity index (χ1) is 13.0. The molecule has 0 N–H and O–H groups in total. The molecule has 0 saturated carbocycles. The van der Waals surface area contributed by atoms with E-state index in [4.69, 9.17) is 9.47 Å². The van der Waals surface area contributed by atoms with Gasteiger partial charge in [0.2, 0.25) is 0 Å². The minimum atomic E-state index is -3.36. The molecule has 1 aliphatic heterocycles. The molecule has 0 amide bonds. The Kier molecular flexibility index (Phi) is 6.11. The molecule has 1 unspecified atom stereocenters. The fraction of sp³-hybridized carbons (Fsp3) is 0.350. The molecule has 0 aromatic heterocycles. The molecule has 0 aliphatic carbocycles. The summed E-state index contributed by atoms with van der Waals surface area (Å²) in [5.41, 5.74) is 1.52. The summed E-state index contributed by atoms with van der Waals surface area (Å²) in [5.74, 6) is 0.328. The van der Waals surface area contributed by atoms with Crippen LogP contribution >= 0.6 is 11.8 Å². The molecular weight excluding hydrogens is 384 g/mol. The first-order valence-electron chi connectivity index (χ1n) is 8.76. The third-order valence-corrected chi connectivity index (χ3v) is 7.64. The van der Waals surface area contributed by atoms with Gasteiger partial charge in [-0.25, -0.2) is 8.42 Å². The van der Waals surface area contributed by atoms with Crippen LogP contribution in [0.1, 0.15) is 29.7 Å². The van der Waals surface area contributed by atoms with Crippen LogP contribution in [0.5, 0.6) is 5.75 Å². The SMILES string of the molecule is CCOC(=O)CCc1ccc2c(c1OC)C(Sc1ccccc1)CS2(=O)=O. The fourth-order valence-corrected chi connectivity index (χ4v) is 6.71. The third-order valence-electron chi connectivity index (χ3n) is 4.39. The highest BCUT2D eigenvalue weighted by atomic mass is 32.2. The fourth-order valence-electron chi connectivity index (χ4n) is 3.24. The summed E-state index contributed by atoms with van der Waals surface area (Å²) in [7, 11) is -1.82. The minimum Gasteiger partial charge on any atom is -0.496 e. The van der Waals surface area contributed by atoms with Gasteiger partial charge >= 0.3 is 5.97 Å². The van der Waals surface area contributed by atoms with E-state index in [2.05, 4.69) is 0 Å². The van der Waals surface area contributed by atoms with Crippen molar-refractivity contribution in [2.24, 2.45) is 0 Å². The van der Waals surface area contributed by atoms with Crippen LogP contribution in [-0.4, -0.2) is 33.9 Å². The highest BCUT2D eigenvalue weighted by molar-refractivity contribution is 8.01. The molecule has 2 aromatic carbocycles. The zero-order valence-corrected chi connectivity index (χ0v) is 16.9. The van der Waals surface area contributed by atoms with Crippen LogP contribution in [0.4, 0.5) is 0 Å². The smallest absolute Gasteiger partial charge is 0.306 e. The number of thioether (sulfide) groups is 1. The average molecular weight is 407 g/mol. The largest absolute Gasteiger partial charge is 0.496 e. The van der Waals surface area contributed by atoms with Crippen LogP contribution in [0.25, 0.3) is 0 Å². The van der Waals surface area contributed by atoms with Gasteiger partial charge in [0, 0.05) is 16.9 Å². The number of rotatable bonds is 7. The Bertz CT molecular complexity index is 923. The number of sulfone groups is 1. The van der Waals surface area contributed by atoms with Crippen LogP contribution in [0, 0.1) is 0 Å². The Labute approximate surface area is 164 Å². The summed E-state index contributed by atoms with van der Waals surface area (Å²) in [6.45, 7) is 2.11. The lowest BCUT2D eigenvalue weighted by Crippen LogP contribution is -2.07. The Morgan fingerprint density at radius 2 is 1.93 bits per heavy atom. The summed E-state index contributed by atoms with van der Waals surface area (Å²) in [6.07, 6.45) is 0.671. The molecular formula is C20H22O5S2. The maximum atomic E-state index is 12.6. The molecule has 1 heterocycles. The number of esters is 1. The van der Waals surface area contributed by atoms with Crippen molar-refractivity contribution >= 4 is 27.6 Å². The Morgan fingerprint density at radius 1 is 1.19 bits per heavy atom. The van der Waals surface area contributed by atoms with E-state index >= 15 is 0 Å². The number of ether oxygens (including phenoxy) is 2. The Morgan fingerprint density at radius 3 is 2.59 bits per heavy atom. The van der Waals surface area contributed by atoms with Crippen molar-refractivity contribution in [1.82, 2.24) is 0 Å². The van der Waals surface area contributed by atoms with Gasteiger partial charge in [-0.2, -0.15) is 0 Å². The number of aryl methyl sites for hydroxylation is 1. The molecule has 0 radical (unpaired) electrons. The van der Waals surface area contributed by atoms with Gasteiger partial charge in [0.1, 0.15) is 5.75 Å². The van der Waals surface area contributed by atoms with E-state index in [0.717, 1.165) is 10.5 Å². The molecule has 2 aromatic rings. The molecule has 1 aliphatic rings. The maximum Gasteiger partial charge on any atom is 0.306 e. The van der Waals surface area contributed by atoms with Gasteiger partial charge in [0.15, 0.2) is 9.84 Å². The highest BCUT2D eigenvalue weighted by Crippen LogP contribution is 2.50. The maximum absolute atomic E-state index is 12.6. The minimum absolute atomic E-state index is 0.0413. The Balaban J connectivity index is 1.95. The van der Waals surface area contributed by atoms with E-state index in [1.807, 2.05) is 30.3 Å². The molecule has 3 rings (SSSR count). The monoisotopic (exact) mass is 406 g/mol. The zero-order chi connectivity index (χ0) is 19.4. The van der Waals surface area contributed by atoms with Gasteiger partial charge in [0.05, 0.1) is 29.6 Å². The molecule has 0 fully saturated rings. The predicted octanol–water partition coefficient (Wildman–Crippen LogP) is 3.81. The number of carbonyl (C=O) groups excluding carboxylic acids is 1. The molecule has 0 saturated heterocycles. The highest BCUT2D eigenvalue weighted by Gasteiger charge is 2.38. The molecule has 5 nitrogen and oxygen atoms in total. The van der Waals surface area contributed by atoms with Crippen molar-refractivity contribution in [3.05, 3.63) is 53.6 Å². The molecule has 144 valence electrons. The van der Waals surface area contributed by atoms with Crippen molar-refractivity contribution in [1.29, 1.82) is 0 Å². The summed E-state index contributed by atoms with van der Waals surface area (Å²) in [6, 6.07) is 13.1. The van der Waals surface area contributed by atoms with Crippen LogP contribution in [0.3, 0.4) is 0 Å². The summed E-state index contributed by atoms with van der Waals surface area (Å²) < 4.78 is 35.9. The van der Waals surface area contributed by atoms with E-state index in [-0.39, 0.29) is 23.4 Å². The number of benzene rings is 2.